The number of nitrogens with zero attached hydrogens (tertiary/aromatic N) is 1. The number of aromatic nitrogens is 1. The van der Waals surface area contributed by atoms with E-state index in [0.29, 0.717) is 5.13 Å². The Hall–Kier alpha value is -2.47. The summed E-state index contributed by atoms with van der Waals surface area (Å²) >= 11 is 1.38. The number of carboxylic acids is 1. The molecule has 1 heterocycles. The highest BCUT2D eigenvalue weighted by Crippen LogP contribution is 2.57. The van der Waals surface area contributed by atoms with Crippen molar-refractivity contribution in [2.45, 2.75) is 40.0 Å². The SMILES string of the molecule is CCc1ccc(-c2csc(NC(=O)[C@@H]3[C@@H](C(=O)O)[C@H]4CC[C@H]3C4=C(C)C)n2)cc1. The van der Waals surface area contributed by atoms with Crippen molar-refractivity contribution in [1.29, 1.82) is 0 Å². The maximum absolute atomic E-state index is 13.1. The number of anilines is 1. The zero-order chi connectivity index (χ0) is 20.7. The first kappa shape index (κ1) is 19.8. The number of carbonyl (C=O) groups is 2. The van der Waals surface area contributed by atoms with Gasteiger partial charge in [-0.3, -0.25) is 9.59 Å². The molecule has 2 bridgehead atoms. The summed E-state index contributed by atoms with van der Waals surface area (Å²) < 4.78 is 0. The van der Waals surface area contributed by atoms with Crippen LogP contribution < -0.4 is 5.32 Å². The summed E-state index contributed by atoms with van der Waals surface area (Å²) in [5, 5.41) is 15.2. The Kier molecular flexibility index (Phi) is 5.30. The van der Waals surface area contributed by atoms with Gasteiger partial charge in [-0.05, 0) is 50.5 Å². The molecule has 0 saturated heterocycles. The van der Waals surface area contributed by atoms with Crippen molar-refractivity contribution < 1.29 is 14.7 Å². The minimum atomic E-state index is -0.869. The molecule has 0 radical (unpaired) electrons. The highest BCUT2D eigenvalue weighted by Gasteiger charge is 2.57. The van der Waals surface area contributed by atoms with Crippen LogP contribution in [-0.2, 0) is 16.0 Å². The predicted octanol–water partition coefficient (Wildman–Crippen LogP) is 5.00. The molecule has 2 aromatic rings. The fourth-order valence-corrected chi connectivity index (χ4v) is 5.89. The number of carboxylic acid groups (broad SMARTS) is 1. The van der Waals surface area contributed by atoms with Gasteiger partial charge >= 0.3 is 5.97 Å². The van der Waals surface area contributed by atoms with E-state index in [1.165, 1.54) is 22.5 Å². The Morgan fingerprint density at radius 1 is 1.14 bits per heavy atom. The lowest BCUT2D eigenvalue weighted by atomic mass is 9.79. The third-order valence-electron chi connectivity index (χ3n) is 6.40. The van der Waals surface area contributed by atoms with Gasteiger partial charge in [0.1, 0.15) is 0 Å². The van der Waals surface area contributed by atoms with Gasteiger partial charge in [-0.25, -0.2) is 4.98 Å². The molecule has 2 fully saturated rings. The van der Waals surface area contributed by atoms with Crippen LogP contribution in [0.4, 0.5) is 5.13 Å². The number of thiazole rings is 1. The van der Waals surface area contributed by atoms with Crippen LogP contribution in [0.15, 0.2) is 40.8 Å². The second-order valence-corrected chi connectivity index (χ2v) is 9.07. The summed E-state index contributed by atoms with van der Waals surface area (Å²) in [5.41, 5.74) is 5.44. The lowest BCUT2D eigenvalue weighted by Crippen LogP contribution is -2.37. The van der Waals surface area contributed by atoms with Crippen LogP contribution in [0.5, 0.6) is 0 Å². The van der Waals surface area contributed by atoms with Gasteiger partial charge in [0.2, 0.25) is 5.91 Å². The third kappa shape index (κ3) is 3.50. The number of rotatable bonds is 5. The molecular weight excluding hydrogens is 384 g/mol. The first-order valence-electron chi connectivity index (χ1n) is 10.2. The van der Waals surface area contributed by atoms with E-state index < -0.39 is 17.8 Å². The van der Waals surface area contributed by atoms with E-state index in [0.717, 1.165) is 36.1 Å². The molecule has 4 rings (SSSR count). The van der Waals surface area contributed by atoms with E-state index in [-0.39, 0.29) is 17.7 Å². The van der Waals surface area contributed by atoms with E-state index in [1.807, 2.05) is 31.4 Å². The van der Waals surface area contributed by atoms with Gasteiger partial charge in [-0.2, -0.15) is 0 Å². The standard InChI is InChI=1S/C23H26N2O3S/c1-4-13-5-7-14(8-6-13)17-11-29-23(24-17)25-21(26)19-15-9-10-16(18(15)12(2)3)20(19)22(27)28/h5-8,11,15-16,19-20H,4,9-10H2,1-3H3,(H,27,28)(H,24,25,26)/t15-,16-,19-,20-/m0/s1. The van der Waals surface area contributed by atoms with Crippen LogP contribution >= 0.6 is 11.3 Å². The topological polar surface area (TPSA) is 79.3 Å². The number of aliphatic carboxylic acids is 1. The van der Waals surface area contributed by atoms with E-state index in [1.54, 1.807) is 0 Å². The van der Waals surface area contributed by atoms with E-state index in [2.05, 4.69) is 29.4 Å². The molecule has 29 heavy (non-hydrogen) atoms. The second kappa shape index (κ2) is 7.75. The van der Waals surface area contributed by atoms with Gasteiger partial charge in [0.15, 0.2) is 5.13 Å². The number of nitrogens with one attached hydrogen (secondary N) is 1. The minimum Gasteiger partial charge on any atom is -0.481 e. The highest BCUT2D eigenvalue weighted by atomic mass is 32.1. The third-order valence-corrected chi connectivity index (χ3v) is 7.16. The molecule has 2 N–H and O–H groups in total. The van der Waals surface area contributed by atoms with Gasteiger partial charge in [0, 0.05) is 10.9 Å². The molecular formula is C23H26N2O3S. The van der Waals surface area contributed by atoms with Crippen LogP contribution in [0.25, 0.3) is 11.3 Å². The first-order valence-corrected chi connectivity index (χ1v) is 11.0. The van der Waals surface area contributed by atoms with Crippen molar-refractivity contribution in [3.8, 4) is 11.3 Å². The van der Waals surface area contributed by atoms with E-state index in [9.17, 15) is 14.7 Å². The van der Waals surface area contributed by atoms with Crippen molar-refractivity contribution in [2.75, 3.05) is 5.32 Å². The normalized spacial score (nSPS) is 25.3. The molecule has 1 aromatic heterocycles. The number of hydrogen-bond acceptors (Lipinski definition) is 4. The van der Waals surface area contributed by atoms with Crippen LogP contribution in [0, 0.1) is 23.7 Å². The molecule has 4 atom stereocenters. The van der Waals surface area contributed by atoms with Gasteiger partial charge in [0.05, 0.1) is 17.5 Å². The lowest BCUT2D eigenvalue weighted by molar-refractivity contribution is -0.148. The van der Waals surface area contributed by atoms with Crippen LogP contribution in [0.3, 0.4) is 0 Å². The Morgan fingerprint density at radius 2 is 1.79 bits per heavy atom. The zero-order valence-corrected chi connectivity index (χ0v) is 17.8. The zero-order valence-electron chi connectivity index (χ0n) is 16.9. The summed E-state index contributed by atoms with van der Waals surface area (Å²) in [5.74, 6) is -2.22. The Bertz CT molecular complexity index is 972. The van der Waals surface area contributed by atoms with E-state index in [4.69, 9.17) is 0 Å². The molecule has 2 saturated carbocycles. The predicted molar refractivity (Wildman–Crippen MR) is 115 cm³/mol. The Morgan fingerprint density at radius 3 is 2.38 bits per heavy atom. The number of carbonyl (C=O) groups excluding carboxylic acids is 1. The van der Waals surface area contributed by atoms with E-state index >= 15 is 0 Å². The number of fused-ring (bicyclic) bond motifs is 2. The summed E-state index contributed by atoms with van der Waals surface area (Å²) in [6.07, 6.45) is 2.74. The molecule has 152 valence electrons. The number of aryl methyl sites for hydroxylation is 1. The van der Waals surface area contributed by atoms with Crippen molar-refractivity contribution in [3.63, 3.8) is 0 Å². The molecule has 6 heteroatoms. The first-order chi connectivity index (χ1) is 13.9. The molecule has 0 spiro atoms. The van der Waals surface area contributed by atoms with Crippen molar-refractivity contribution in [1.82, 2.24) is 4.98 Å². The van der Waals surface area contributed by atoms with Gasteiger partial charge < -0.3 is 10.4 Å². The average Bonchev–Trinajstić information content (AvgIpc) is 3.41. The molecule has 2 aliphatic carbocycles. The number of benzene rings is 1. The molecule has 5 nitrogen and oxygen atoms in total. The fraction of sp³-hybridized carbons (Fsp3) is 0.435. The van der Waals surface area contributed by atoms with Gasteiger partial charge in [0.25, 0.3) is 0 Å². The summed E-state index contributed by atoms with van der Waals surface area (Å²) in [6.45, 7) is 6.17. The molecule has 1 aromatic carbocycles. The van der Waals surface area contributed by atoms with Crippen LogP contribution in [0.1, 0.15) is 39.2 Å². The second-order valence-electron chi connectivity index (χ2n) is 8.21. The van der Waals surface area contributed by atoms with Crippen molar-refractivity contribution in [3.05, 3.63) is 46.4 Å². The summed E-state index contributed by atoms with van der Waals surface area (Å²) in [6, 6.07) is 8.25. The largest absolute Gasteiger partial charge is 0.481 e. The monoisotopic (exact) mass is 410 g/mol. The highest BCUT2D eigenvalue weighted by molar-refractivity contribution is 7.14. The number of allylic oxidation sites excluding steroid dienone is 2. The average molecular weight is 411 g/mol. The minimum absolute atomic E-state index is 0.0119. The number of amides is 1. The maximum Gasteiger partial charge on any atom is 0.307 e. The number of hydrogen-bond donors (Lipinski definition) is 2. The fourth-order valence-electron chi connectivity index (χ4n) is 5.17. The Balaban J connectivity index is 1.54. The molecule has 0 unspecified atom stereocenters. The summed E-state index contributed by atoms with van der Waals surface area (Å²) in [4.78, 5) is 29.6. The molecule has 0 aliphatic heterocycles. The lowest BCUT2D eigenvalue weighted by Gasteiger charge is -2.25. The molecule has 1 amide bonds. The van der Waals surface area contributed by atoms with Crippen molar-refractivity contribution in [2.24, 2.45) is 23.7 Å². The van der Waals surface area contributed by atoms with Gasteiger partial charge in [-0.15, -0.1) is 11.3 Å². The summed E-state index contributed by atoms with van der Waals surface area (Å²) in [7, 11) is 0. The van der Waals surface area contributed by atoms with Crippen molar-refractivity contribution >= 4 is 28.3 Å². The maximum atomic E-state index is 13.1. The Labute approximate surface area is 174 Å². The smallest absolute Gasteiger partial charge is 0.307 e. The molecule has 2 aliphatic rings. The van der Waals surface area contributed by atoms with Crippen LogP contribution in [0.2, 0.25) is 0 Å². The van der Waals surface area contributed by atoms with Crippen LogP contribution in [-0.4, -0.2) is 22.0 Å². The quantitative estimate of drug-likeness (QED) is 0.680. The van der Waals surface area contributed by atoms with Gasteiger partial charge in [-0.1, -0.05) is 42.3 Å².